The maximum absolute atomic E-state index is 11.7. The number of nitrogens with one attached hydrogen (secondary N) is 1. The topological polar surface area (TPSA) is 63.1 Å². The Balaban J connectivity index is 2.14. The van der Waals surface area contributed by atoms with E-state index in [0.717, 1.165) is 36.2 Å². The Morgan fingerprint density at radius 1 is 1.23 bits per heavy atom. The number of carbonyl (C=O) groups excluding carboxylic acids is 1. The van der Waals surface area contributed by atoms with Crippen LogP contribution in [0.3, 0.4) is 0 Å². The molecule has 0 bridgehead atoms. The maximum Gasteiger partial charge on any atom is 0.231 e. The van der Waals surface area contributed by atoms with Gasteiger partial charge in [0, 0.05) is 30.9 Å². The number of aromatic nitrogens is 3. The van der Waals surface area contributed by atoms with Crippen molar-refractivity contribution in [1.82, 2.24) is 20.1 Å². The van der Waals surface area contributed by atoms with Gasteiger partial charge in [0.2, 0.25) is 5.91 Å². The fourth-order valence-electron chi connectivity index (χ4n) is 2.63. The van der Waals surface area contributed by atoms with Crippen LogP contribution < -0.4 is 10.2 Å². The van der Waals surface area contributed by atoms with Gasteiger partial charge in [-0.2, -0.15) is 0 Å². The van der Waals surface area contributed by atoms with E-state index >= 15 is 0 Å². The second-order valence-electron chi connectivity index (χ2n) is 5.54. The van der Waals surface area contributed by atoms with Crippen molar-refractivity contribution in [2.24, 2.45) is 0 Å². The molecular formula is C19H25N5OS. The molecule has 7 heteroatoms. The first-order valence-corrected chi connectivity index (χ1v) is 9.74. The number of nitrogens with zero attached hydrogens (tertiary/aromatic N) is 4. The highest BCUT2D eigenvalue weighted by Gasteiger charge is 2.14. The van der Waals surface area contributed by atoms with Gasteiger partial charge >= 0.3 is 0 Å². The molecule has 26 heavy (non-hydrogen) atoms. The second kappa shape index (κ2) is 9.88. The molecule has 1 amide bonds. The predicted octanol–water partition coefficient (Wildman–Crippen LogP) is 2.65. The molecule has 1 aromatic carbocycles. The van der Waals surface area contributed by atoms with E-state index in [1.54, 1.807) is 0 Å². The molecule has 0 unspecified atom stereocenters. The normalized spacial score (nSPS) is 10.4. The predicted molar refractivity (Wildman–Crippen MR) is 107 cm³/mol. The monoisotopic (exact) mass is 371 g/mol. The average molecular weight is 372 g/mol. The van der Waals surface area contributed by atoms with Gasteiger partial charge in [-0.1, -0.05) is 17.7 Å². The summed E-state index contributed by atoms with van der Waals surface area (Å²) >= 11 is 1.36. The van der Waals surface area contributed by atoms with Crippen LogP contribution in [-0.2, 0) is 11.3 Å². The lowest BCUT2D eigenvalue weighted by Gasteiger charge is -2.21. The van der Waals surface area contributed by atoms with Crippen molar-refractivity contribution in [3.63, 3.8) is 0 Å². The van der Waals surface area contributed by atoms with Crippen molar-refractivity contribution in [2.75, 3.05) is 30.3 Å². The number of hydrogen-bond acceptors (Lipinski definition) is 5. The largest absolute Gasteiger partial charge is 0.372 e. The van der Waals surface area contributed by atoms with Crippen molar-refractivity contribution >= 4 is 23.4 Å². The van der Waals surface area contributed by atoms with Crippen molar-refractivity contribution in [2.45, 2.75) is 32.5 Å². The van der Waals surface area contributed by atoms with Crippen LogP contribution >= 0.6 is 11.8 Å². The van der Waals surface area contributed by atoms with E-state index in [2.05, 4.69) is 64.4 Å². The number of carbonyl (C=O) groups is 1. The van der Waals surface area contributed by atoms with Gasteiger partial charge in [-0.05, 0) is 45.0 Å². The summed E-state index contributed by atoms with van der Waals surface area (Å²) in [4.78, 5) is 14.0. The van der Waals surface area contributed by atoms with Crippen LogP contribution in [0, 0.1) is 12.3 Å². The highest BCUT2D eigenvalue weighted by molar-refractivity contribution is 7.99. The Hall–Kier alpha value is -2.46. The molecule has 6 nitrogen and oxygen atoms in total. The first kappa shape index (κ1) is 19.9. The fraction of sp³-hybridized carbons (Fsp3) is 0.421. The average Bonchev–Trinajstić information content (AvgIpc) is 3.09. The molecule has 1 N–H and O–H groups in total. The SMILES string of the molecule is C#CCNC(=O)CSc1nnc(-c2ccc(N(CC)CC)cc2)n1CC. The van der Waals surface area contributed by atoms with Crippen LogP contribution in [0.25, 0.3) is 11.4 Å². The number of terminal acetylenes is 1. The second-order valence-corrected chi connectivity index (χ2v) is 6.48. The van der Waals surface area contributed by atoms with Crippen molar-refractivity contribution < 1.29 is 4.79 Å². The third-order valence-corrected chi connectivity index (χ3v) is 4.97. The number of benzene rings is 1. The Bertz CT molecular complexity index is 759. The van der Waals surface area contributed by atoms with Crippen molar-refractivity contribution in [3.8, 4) is 23.7 Å². The summed E-state index contributed by atoms with van der Waals surface area (Å²) in [7, 11) is 0. The zero-order chi connectivity index (χ0) is 18.9. The van der Waals surface area contributed by atoms with Crippen LogP contribution in [0.1, 0.15) is 20.8 Å². The van der Waals surface area contributed by atoms with Crippen LogP contribution in [0.15, 0.2) is 29.4 Å². The van der Waals surface area contributed by atoms with E-state index in [0.29, 0.717) is 0 Å². The van der Waals surface area contributed by atoms with Gasteiger partial charge in [-0.3, -0.25) is 4.79 Å². The summed E-state index contributed by atoms with van der Waals surface area (Å²) in [6.45, 7) is 9.26. The van der Waals surface area contributed by atoms with Gasteiger partial charge in [-0.25, -0.2) is 0 Å². The number of anilines is 1. The lowest BCUT2D eigenvalue weighted by atomic mass is 10.2. The number of rotatable bonds is 9. The summed E-state index contributed by atoms with van der Waals surface area (Å²) in [5, 5.41) is 12.0. The fourth-order valence-corrected chi connectivity index (χ4v) is 3.47. The van der Waals surface area contributed by atoms with E-state index in [4.69, 9.17) is 6.42 Å². The minimum absolute atomic E-state index is 0.108. The molecule has 138 valence electrons. The lowest BCUT2D eigenvalue weighted by molar-refractivity contribution is -0.118. The molecule has 2 aromatic rings. The molecule has 0 fully saturated rings. The van der Waals surface area contributed by atoms with Crippen LogP contribution in [-0.4, -0.2) is 46.1 Å². The summed E-state index contributed by atoms with van der Waals surface area (Å²) in [6, 6.07) is 8.35. The van der Waals surface area contributed by atoms with Crippen LogP contribution in [0.5, 0.6) is 0 Å². The first-order valence-electron chi connectivity index (χ1n) is 8.76. The van der Waals surface area contributed by atoms with E-state index in [1.807, 2.05) is 11.5 Å². The summed E-state index contributed by atoms with van der Waals surface area (Å²) in [5.41, 5.74) is 2.21. The van der Waals surface area contributed by atoms with Gasteiger partial charge in [-0.15, -0.1) is 16.6 Å². The molecule has 1 heterocycles. The van der Waals surface area contributed by atoms with E-state index < -0.39 is 0 Å². The molecule has 0 saturated carbocycles. The third kappa shape index (κ3) is 4.79. The zero-order valence-electron chi connectivity index (χ0n) is 15.5. The Labute approximate surface area is 159 Å². The molecule has 0 aliphatic carbocycles. The molecular weight excluding hydrogens is 346 g/mol. The van der Waals surface area contributed by atoms with Crippen molar-refractivity contribution in [3.05, 3.63) is 24.3 Å². The van der Waals surface area contributed by atoms with E-state index in [1.165, 1.54) is 17.4 Å². The Kier molecular flexibility index (Phi) is 7.54. The molecule has 2 rings (SSSR count). The number of thioether (sulfide) groups is 1. The molecule has 0 saturated heterocycles. The summed E-state index contributed by atoms with van der Waals surface area (Å²) in [5.74, 6) is 3.36. The van der Waals surface area contributed by atoms with E-state index in [-0.39, 0.29) is 18.2 Å². The van der Waals surface area contributed by atoms with Gasteiger partial charge < -0.3 is 14.8 Å². The summed E-state index contributed by atoms with van der Waals surface area (Å²) < 4.78 is 2.02. The minimum Gasteiger partial charge on any atom is -0.372 e. The highest BCUT2D eigenvalue weighted by atomic mass is 32.2. The maximum atomic E-state index is 11.7. The summed E-state index contributed by atoms with van der Waals surface area (Å²) in [6.07, 6.45) is 5.14. The third-order valence-electron chi connectivity index (χ3n) is 4.01. The number of amides is 1. The molecule has 0 aliphatic heterocycles. The molecule has 0 radical (unpaired) electrons. The minimum atomic E-state index is -0.108. The smallest absolute Gasteiger partial charge is 0.231 e. The standard InChI is InChI=1S/C19H25N5OS/c1-5-13-20-17(25)14-26-19-22-21-18(24(19)8-4)15-9-11-16(12-10-15)23(6-2)7-3/h1,9-12H,6-8,13-14H2,2-4H3,(H,20,25). The molecule has 0 atom stereocenters. The van der Waals surface area contributed by atoms with Gasteiger partial charge in [0.05, 0.1) is 12.3 Å². The van der Waals surface area contributed by atoms with Gasteiger partial charge in [0.15, 0.2) is 11.0 Å². The van der Waals surface area contributed by atoms with Crippen LogP contribution in [0.2, 0.25) is 0 Å². The molecule has 0 spiro atoms. The molecule has 0 aliphatic rings. The van der Waals surface area contributed by atoms with E-state index in [9.17, 15) is 4.79 Å². The first-order chi connectivity index (χ1) is 12.6. The van der Waals surface area contributed by atoms with Gasteiger partial charge in [0.25, 0.3) is 0 Å². The Morgan fingerprint density at radius 2 is 1.92 bits per heavy atom. The Morgan fingerprint density at radius 3 is 2.50 bits per heavy atom. The quantitative estimate of drug-likeness (QED) is 0.542. The van der Waals surface area contributed by atoms with Crippen molar-refractivity contribution in [1.29, 1.82) is 0 Å². The van der Waals surface area contributed by atoms with Crippen LogP contribution in [0.4, 0.5) is 5.69 Å². The molecule has 1 aromatic heterocycles. The highest BCUT2D eigenvalue weighted by Crippen LogP contribution is 2.26. The number of hydrogen-bond donors (Lipinski definition) is 1. The van der Waals surface area contributed by atoms with Gasteiger partial charge in [0.1, 0.15) is 0 Å². The zero-order valence-corrected chi connectivity index (χ0v) is 16.3. The lowest BCUT2D eigenvalue weighted by Crippen LogP contribution is -2.25.